The number of fused-ring (bicyclic) bond motifs is 1. The van der Waals surface area contributed by atoms with E-state index in [9.17, 15) is 0 Å². The Morgan fingerprint density at radius 3 is 2.83 bits per heavy atom. The van der Waals surface area contributed by atoms with Gasteiger partial charge in [0, 0.05) is 37.3 Å². The van der Waals surface area contributed by atoms with E-state index in [0.29, 0.717) is 0 Å². The first kappa shape index (κ1) is 16.9. The summed E-state index contributed by atoms with van der Waals surface area (Å²) in [5.74, 6) is 0. The van der Waals surface area contributed by atoms with Crippen molar-refractivity contribution in [1.82, 2.24) is 19.9 Å². The van der Waals surface area contributed by atoms with Gasteiger partial charge < -0.3 is 14.8 Å². The van der Waals surface area contributed by atoms with Gasteiger partial charge >= 0.3 is 0 Å². The minimum Gasteiger partial charge on any atom is -0.349 e. The Bertz CT molecular complexity index is 759. The molecule has 0 amide bonds. The highest BCUT2D eigenvalue weighted by Crippen LogP contribution is 2.22. The number of nitrogens with zero attached hydrogens (tertiary/aromatic N) is 4. The maximum Gasteiger partial charge on any atom is 0.185 e. The van der Waals surface area contributed by atoms with E-state index in [-0.39, 0.29) is 0 Å². The number of hydrogen-bond acceptors (Lipinski definition) is 5. The van der Waals surface area contributed by atoms with Crippen molar-refractivity contribution in [2.75, 3.05) is 24.5 Å². The SMILES string of the molecule is CCN(CC)c1ncc(CNCCCn2cnc3ccccc32)s1. The van der Waals surface area contributed by atoms with Gasteiger partial charge in [-0.05, 0) is 38.9 Å². The molecule has 3 aromatic rings. The lowest BCUT2D eigenvalue weighted by Crippen LogP contribution is -2.21. The molecule has 0 bridgehead atoms. The molecule has 1 aromatic carbocycles. The average Bonchev–Trinajstić information content (AvgIpc) is 3.23. The summed E-state index contributed by atoms with van der Waals surface area (Å²) >= 11 is 1.78. The summed E-state index contributed by atoms with van der Waals surface area (Å²) in [6.07, 6.45) is 5.01. The van der Waals surface area contributed by atoms with Gasteiger partial charge in [0.15, 0.2) is 5.13 Å². The molecule has 6 heteroatoms. The number of nitrogens with one attached hydrogen (secondary N) is 1. The zero-order valence-electron chi connectivity index (χ0n) is 14.4. The highest BCUT2D eigenvalue weighted by molar-refractivity contribution is 7.15. The van der Waals surface area contributed by atoms with Gasteiger partial charge in [-0.1, -0.05) is 12.1 Å². The second-order valence-corrected chi connectivity index (χ2v) is 6.83. The lowest BCUT2D eigenvalue weighted by molar-refractivity contribution is 0.591. The number of hydrogen-bond donors (Lipinski definition) is 1. The van der Waals surface area contributed by atoms with E-state index >= 15 is 0 Å². The van der Waals surface area contributed by atoms with Gasteiger partial charge in [0.05, 0.1) is 17.4 Å². The van der Waals surface area contributed by atoms with Crippen molar-refractivity contribution in [3.8, 4) is 0 Å². The molecule has 3 rings (SSSR count). The minimum absolute atomic E-state index is 0.892. The maximum absolute atomic E-state index is 4.52. The number of rotatable bonds is 9. The van der Waals surface area contributed by atoms with Gasteiger partial charge in [0.1, 0.15) is 0 Å². The third-order valence-corrected chi connectivity index (χ3v) is 5.21. The van der Waals surface area contributed by atoms with E-state index in [0.717, 1.165) is 49.8 Å². The van der Waals surface area contributed by atoms with E-state index < -0.39 is 0 Å². The molecule has 0 aliphatic carbocycles. The summed E-state index contributed by atoms with van der Waals surface area (Å²) in [5.41, 5.74) is 2.28. The van der Waals surface area contributed by atoms with Crippen LogP contribution in [-0.4, -0.2) is 34.2 Å². The summed E-state index contributed by atoms with van der Waals surface area (Å²) in [6, 6.07) is 8.28. The smallest absolute Gasteiger partial charge is 0.185 e. The first-order chi connectivity index (χ1) is 11.8. The molecular weight excluding hydrogens is 318 g/mol. The summed E-state index contributed by atoms with van der Waals surface area (Å²) in [6.45, 7) is 9.23. The van der Waals surface area contributed by atoms with Gasteiger partial charge in [-0.15, -0.1) is 11.3 Å². The Balaban J connectivity index is 1.43. The predicted octanol–water partition coefficient (Wildman–Crippen LogP) is 3.52. The van der Waals surface area contributed by atoms with Gasteiger partial charge in [-0.3, -0.25) is 0 Å². The van der Waals surface area contributed by atoms with Crippen LogP contribution in [0.25, 0.3) is 11.0 Å². The summed E-state index contributed by atoms with van der Waals surface area (Å²) in [4.78, 5) is 12.5. The largest absolute Gasteiger partial charge is 0.349 e. The van der Waals surface area contributed by atoms with E-state index in [1.165, 1.54) is 10.4 Å². The minimum atomic E-state index is 0.892. The van der Waals surface area contributed by atoms with Crippen LogP contribution in [0.2, 0.25) is 0 Å². The second kappa shape index (κ2) is 8.26. The molecule has 5 nitrogen and oxygen atoms in total. The fourth-order valence-corrected chi connectivity index (χ4v) is 3.80. The quantitative estimate of drug-likeness (QED) is 0.604. The standard InChI is InChI=1S/C18H25N5S/c1-3-22(4-2)18-20-13-15(24-18)12-19-10-7-11-23-14-21-16-8-5-6-9-17(16)23/h5-6,8-9,13-14,19H,3-4,7,10-12H2,1-2H3. The summed E-state index contributed by atoms with van der Waals surface area (Å²) < 4.78 is 2.22. The third kappa shape index (κ3) is 3.94. The molecule has 24 heavy (non-hydrogen) atoms. The van der Waals surface area contributed by atoms with Gasteiger partial charge in [0.2, 0.25) is 0 Å². The number of para-hydroxylation sites is 2. The fraction of sp³-hybridized carbons (Fsp3) is 0.444. The van der Waals surface area contributed by atoms with E-state index in [1.54, 1.807) is 11.3 Å². The number of aryl methyl sites for hydroxylation is 1. The Kier molecular flexibility index (Phi) is 5.82. The van der Waals surface area contributed by atoms with Crippen molar-refractivity contribution >= 4 is 27.5 Å². The Hall–Kier alpha value is -1.92. The monoisotopic (exact) mass is 343 g/mol. The van der Waals surface area contributed by atoms with Crippen molar-refractivity contribution in [1.29, 1.82) is 0 Å². The van der Waals surface area contributed by atoms with Gasteiger partial charge in [-0.25, -0.2) is 9.97 Å². The van der Waals surface area contributed by atoms with Crippen LogP contribution in [0, 0.1) is 0 Å². The molecule has 0 aliphatic heterocycles. The molecule has 0 spiro atoms. The molecular formula is C18H25N5S. The zero-order chi connectivity index (χ0) is 16.8. The first-order valence-corrected chi connectivity index (χ1v) is 9.43. The van der Waals surface area contributed by atoms with Crippen LogP contribution in [0.4, 0.5) is 5.13 Å². The van der Waals surface area contributed by atoms with Crippen LogP contribution in [0.15, 0.2) is 36.8 Å². The summed E-state index contributed by atoms with van der Waals surface area (Å²) in [5, 5.41) is 4.65. The number of imidazole rings is 1. The van der Waals surface area contributed by atoms with Crippen LogP contribution in [0.3, 0.4) is 0 Å². The van der Waals surface area contributed by atoms with Crippen LogP contribution in [-0.2, 0) is 13.1 Å². The Morgan fingerprint density at radius 1 is 1.17 bits per heavy atom. The lowest BCUT2D eigenvalue weighted by atomic mass is 10.3. The number of benzene rings is 1. The molecule has 0 atom stereocenters. The maximum atomic E-state index is 4.52. The fourth-order valence-electron chi connectivity index (χ4n) is 2.79. The number of thiazole rings is 1. The third-order valence-electron chi connectivity index (χ3n) is 4.15. The highest BCUT2D eigenvalue weighted by atomic mass is 32.1. The van der Waals surface area contributed by atoms with Crippen molar-refractivity contribution in [2.24, 2.45) is 0 Å². The number of anilines is 1. The highest BCUT2D eigenvalue weighted by Gasteiger charge is 2.07. The van der Waals surface area contributed by atoms with E-state index in [1.807, 2.05) is 18.6 Å². The molecule has 128 valence electrons. The second-order valence-electron chi connectivity index (χ2n) is 5.74. The van der Waals surface area contributed by atoms with Crippen LogP contribution in [0.5, 0.6) is 0 Å². The topological polar surface area (TPSA) is 46.0 Å². The average molecular weight is 344 g/mol. The Morgan fingerprint density at radius 2 is 2.00 bits per heavy atom. The van der Waals surface area contributed by atoms with Crippen LogP contribution < -0.4 is 10.2 Å². The normalized spacial score (nSPS) is 11.2. The number of aromatic nitrogens is 3. The van der Waals surface area contributed by atoms with Crippen molar-refractivity contribution in [3.05, 3.63) is 41.7 Å². The van der Waals surface area contributed by atoms with E-state index in [4.69, 9.17) is 0 Å². The van der Waals surface area contributed by atoms with E-state index in [2.05, 4.69) is 56.8 Å². The molecule has 0 aliphatic rings. The van der Waals surface area contributed by atoms with Crippen molar-refractivity contribution < 1.29 is 0 Å². The molecule has 0 saturated carbocycles. The molecule has 1 N–H and O–H groups in total. The molecule has 0 radical (unpaired) electrons. The molecule has 0 saturated heterocycles. The van der Waals surface area contributed by atoms with Crippen LogP contribution in [0.1, 0.15) is 25.1 Å². The predicted molar refractivity (Wildman–Crippen MR) is 102 cm³/mol. The lowest BCUT2D eigenvalue weighted by Gasteiger charge is -2.16. The molecule has 2 heterocycles. The van der Waals surface area contributed by atoms with Crippen LogP contribution >= 0.6 is 11.3 Å². The molecule has 0 fully saturated rings. The van der Waals surface area contributed by atoms with Crippen molar-refractivity contribution in [2.45, 2.75) is 33.4 Å². The first-order valence-electron chi connectivity index (χ1n) is 8.62. The molecule has 0 unspecified atom stereocenters. The zero-order valence-corrected chi connectivity index (χ0v) is 15.2. The van der Waals surface area contributed by atoms with Crippen molar-refractivity contribution in [3.63, 3.8) is 0 Å². The Labute approximate surface area is 147 Å². The van der Waals surface area contributed by atoms with Gasteiger partial charge in [-0.2, -0.15) is 0 Å². The van der Waals surface area contributed by atoms with Gasteiger partial charge in [0.25, 0.3) is 0 Å². The summed E-state index contributed by atoms with van der Waals surface area (Å²) in [7, 11) is 0. The molecule has 2 aromatic heterocycles.